The molecule has 0 radical (unpaired) electrons. The number of anilines is 1. The zero-order chi connectivity index (χ0) is 12.3. The molecule has 0 aliphatic heterocycles. The van der Waals surface area contributed by atoms with E-state index in [9.17, 15) is 4.79 Å². The summed E-state index contributed by atoms with van der Waals surface area (Å²) in [5.74, 6) is 0.812. The maximum Gasteiger partial charge on any atom is 0.336 e. The van der Waals surface area contributed by atoms with Gasteiger partial charge in [0, 0.05) is 6.42 Å². The van der Waals surface area contributed by atoms with Gasteiger partial charge in [0.05, 0.1) is 7.11 Å². The van der Waals surface area contributed by atoms with Crippen LogP contribution in [0.5, 0.6) is 6.01 Å². The number of carbonyl (C=O) groups is 1. The number of amides is 1. The minimum Gasteiger partial charge on any atom is -0.466 e. The number of hydrogen-bond acceptors (Lipinski definition) is 5. The van der Waals surface area contributed by atoms with E-state index in [-0.39, 0.29) is 23.6 Å². The number of methoxy groups -OCH3 is 1. The second-order valence-corrected chi connectivity index (χ2v) is 3.24. The number of nitrogens with zero attached hydrogens (tertiary/aromatic N) is 2. The molecule has 2 aromatic heterocycles. The van der Waals surface area contributed by atoms with Gasteiger partial charge < -0.3 is 9.15 Å². The number of rotatable bonds is 4. The number of aromatic amines is 1. The number of carbonyl (C=O) groups excluding carboxylic acids is 1. The lowest BCUT2D eigenvalue weighted by molar-refractivity contribution is 0.0994. The lowest BCUT2D eigenvalue weighted by atomic mass is 10.3. The molecule has 2 rings (SSSR count). The van der Waals surface area contributed by atoms with Crippen LogP contribution >= 0.6 is 0 Å². The van der Waals surface area contributed by atoms with Crippen LogP contribution in [-0.4, -0.2) is 28.2 Å². The van der Waals surface area contributed by atoms with Gasteiger partial charge in [0.15, 0.2) is 5.76 Å². The van der Waals surface area contributed by atoms with Crippen LogP contribution < -0.4 is 10.1 Å². The number of hydrogen-bond donors (Lipinski definition) is 2. The van der Waals surface area contributed by atoms with Crippen molar-refractivity contribution in [1.29, 1.82) is 0 Å². The molecule has 17 heavy (non-hydrogen) atoms. The van der Waals surface area contributed by atoms with Crippen LogP contribution in [0.3, 0.4) is 0 Å². The van der Waals surface area contributed by atoms with Gasteiger partial charge in [0.25, 0.3) is 5.91 Å². The van der Waals surface area contributed by atoms with E-state index < -0.39 is 0 Å². The van der Waals surface area contributed by atoms with Crippen molar-refractivity contribution in [3.63, 3.8) is 0 Å². The second-order valence-electron chi connectivity index (χ2n) is 3.24. The van der Waals surface area contributed by atoms with E-state index in [1.165, 1.54) is 7.11 Å². The molecule has 90 valence electrons. The van der Waals surface area contributed by atoms with Gasteiger partial charge in [0.2, 0.25) is 5.95 Å². The summed E-state index contributed by atoms with van der Waals surface area (Å²) in [7, 11) is 1.44. The molecule has 0 aliphatic carbocycles. The van der Waals surface area contributed by atoms with Crippen molar-refractivity contribution in [3.05, 3.63) is 23.7 Å². The predicted molar refractivity (Wildman–Crippen MR) is 59.0 cm³/mol. The summed E-state index contributed by atoms with van der Waals surface area (Å²) >= 11 is 0. The van der Waals surface area contributed by atoms with Gasteiger partial charge in [-0.05, 0) is 12.1 Å². The lowest BCUT2D eigenvalue weighted by Crippen LogP contribution is -2.12. The Bertz CT molecular complexity index is 517. The summed E-state index contributed by atoms with van der Waals surface area (Å²) in [6, 6.07) is 3.53. The van der Waals surface area contributed by atoms with Crippen LogP contribution in [0.1, 0.15) is 23.2 Å². The molecule has 0 aliphatic rings. The predicted octanol–water partition coefficient (Wildman–Crippen LogP) is 1.22. The van der Waals surface area contributed by atoms with Crippen LogP contribution in [0.15, 0.2) is 16.5 Å². The molecule has 0 saturated carbocycles. The molecule has 0 aromatic carbocycles. The first kappa shape index (κ1) is 11.2. The molecule has 2 heterocycles. The standard InChI is InChI=1S/C10H12N4O3/c1-3-6-4-5-7(17-6)8(15)11-9-12-10(16-2)14-13-9/h4-5H,3H2,1-2H3,(H2,11,12,13,14,15). The summed E-state index contributed by atoms with van der Waals surface area (Å²) in [6.45, 7) is 1.95. The number of H-pyrrole nitrogens is 1. The van der Waals surface area contributed by atoms with Gasteiger partial charge in [-0.1, -0.05) is 6.92 Å². The van der Waals surface area contributed by atoms with E-state index in [0.29, 0.717) is 0 Å². The molecule has 0 bridgehead atoms. The molecule has 7 heteroatoms. The SMILES string of the molecule is CCc1ccc(C(=O)Nc2nc(OC)n[nH]2)o1. The molecule has 0 saturated heterocycles. The number of nitrogens with one attached hydrogen (secondary N) is 2. The van der Waals surface area contributed by atoms with Gasteiger partial charge in [0.1, 0.15) is 5.76 Å². The van der Waals surface area contributed by atoms with Crippen LogP contribution in [-0.2, 0) is 6.42 Å². The molecule has 0 spiro atoms. The normalized spacial score (nSPS) is 10.2. The highest BCUT2D eigenvalue weighted by molar-refractivity contribution is 6.01. The van der Waals surface area contributed by atoms with Crippen molar-refractivity contribution >= 4 is 11.9 Å². The average Bonchev–Trinajstić information content (AvgIpc) is 2.96. The maximum absolute atomic E-state index is 11.7. The van der Waals surface area contributed by atoms with Crippen LogP contribution in [0.4, 0.5) is 5.95 Å². The highest BCUT2D eigenvalue weighted by atomic mass is 16.5. The fourth-order valence-corrected chi connectivity index (χ4v) is 1.25. The Labute approximate surface area is 97.2 Å². The Morgan fingerprint density at radius 2 is 2.41 bits per heavy atom. The smallest absolute Gasteiger partial charge is 0.336 e. The minimum atomic E-state index is -0.386. The Balaban J connectivity index is 2.05. The molecule has 0 atom stereocenters. The van der Waals surface area contributed by atoms with Crippen molar-refractivity contribution in [1.82, 2.24) is 15.2 Å². The number of ether oxygens (including phenoxy) is 1. The third-order valence-electron chi connectivity index (χ3n) is 2.11. The van der Waals surface area contributed by atoms with Gasteiger partial charge >= 0.3 is 6.01 Å². The largest absolute Gasteiger partial charge is 0.466 e. The van der Waals surface area contributed by atoms with E-state index in [1.807, 2.05) is 6.92 Å². The Kier molecular flexibility index (Phi) is 3.08. The van der Waals surface area contributed by atoms with Crippen LogP contribution in [0.25, 0.3) is 0 Å². The third kappa shape index (κ3) is 2.44. The van der Waals surface area contributed by atoms with Gasteiger partial charge in [-0.15, -0.1) is 5.10 Å². The van der Waals surface area contributed by atoms with E-state index in [4.69, 9.17) is 9.15 Å². The highest BCUT2D eigenvalue weighted by Gasteiger charge is 2.13. The fraction of sp³-hybridized carbons (Fsp3) is 0.300. The molecule has 1 amide bonds. The quantitative estimate of drug-likeness (QED) is 0.832. The summed E-state index contributed by atoms with van der Waals surface area (Å²) in [4.78, 5) is 15.6. The van der Waals surface area contributed by atoms with Gasteiger partial charge in [-0.25, -0.2) is 5.10 Å². The monoisotopic (exact) mass is 236 g/mol. The summed E-state index contributed by atoms with van der Waals surface area (Å²) in [5.41, 5.74) is 0. The number of aryl methyl sites for hydroxylation is 1. The van der Waals surface area contributed by atoms with Gasteiger partial charge in [-0.2, -0.15) is 4.98 Å². The van der Waals surface area contributed by atoms with Gasteiger partial charge in [-0.3, -0.25) is 10.1 Å². The Hall–Kier alpha value is -2.31. The summed E-state index contributed by atoms with van der Waals surface area (Å²) in [5, 5.41) is 8.73. The maximum atomic E-state index is 11.7. The van der Waals surface area contributed by atoms with Crippen molar-refractivity contribution in [3.8, 4) is 6.01 Å². The van der Waals surface area contributed by atoms with Crippen molar-refractivity contribution in [2.24, 2.45) is 0 Å². The van der Waals surface area contributed by atoms with Crippen LogP contribution in [0, 0.1) is 0 Å². The third-order valence-corrected chi connectivity index (χ3v) is 2.11. The first-order valence-electron chi connectivity index (χ1n) is 5.09. The van der Waals surface area contributed by atoms with Crippen LogP contribution in [0.2, 0.25) is 0 Å². The van der Waals surface area contributed by atoms with Crippen molar-refractivity contribution < 1.29 is 13.9 Å². The zero-order valence-corrected chi connectivity index (χ0v) is 9.48. The van der Waals surface area contributed by atoms with Crippen molar-refractivity contribution in [2.45, 2.75) is 13.3 Å². The molecule has 2 N–H and O–H groups in total. The minimum absolute atomic E-state index is 0.161. The Morgan fingerprint density at radius 1 is 1.59 bits per heavy atom. The first-order chi connectivity index (χ1) is 8.22. The van der Waals surface area contributed by atoms with E-state index in [2.05, 4.69) is 20.5 Å². The average molecular weight is 236 g/mol. The van der Waals surface area contributed by atoms with Crippen molar-refractivity contribution in [2.75, 3.05) is 12.4 Å². The van der Waals surface area contributed by atoms with E-state index >= 15 is 0 Å². The fourth-order valence-electron chi connectivity index (χ4n) is 1.25. The molecular weight excluding hydrogens is 224 g/mol. The number of furan rings is 1. The molecule has 2 aromatic rings. The molecular formula is C10H12N4O3. The van der Waals surface area contributed by atoms with E-state index in [0.717, 1.165) is 12.2 Å². The molecule has 0 unspecified atom stereocenters. The lowest BCUT2D eigenvalue weighted by Gasteiger charge is -1.97. The van der Waals surface area contributed by atoms with E-state index in [1.54, 1.807) is 12.1 Å². The topological polar surface area (TPSA) is 93.0 Å². The summed E-state index contributed by atoms with van der Waals surface area (Å²) in [6.07, 6.45) is 0.739. The molecule has 0 fully saturated rings. The number of aromatic nitrogens is 3. The Morgan fingerprint density at radius 3 is 3.00 bits per heavy atom. The highest BCUT2D eigenvalue weighted by Crippen LogP contribution is 2.11. The zero-order valence-electron chi connectivity index (χ0n) is 9.48. The first-order valence-corrected chi connectivity index (χ1v) is 5.09. The second kappa shape index (κ2) is 4.69. The molecule has 7 nitrogen and oxygen atoms in total. The summed E-state index contributed by atoms with van der Waals surface area (Å²) < 4.78 is 10.1.